The standard InChI is InChI=1S/C25H35N3O5S2/c1-17-13-19(3)25(20(4)14-17)35(32,33)28(21-9-7-6-8-10-21)16-24(29)27-23-15-22(12-11-18(23)2)34(30,31)26-5/h11-15,21,26H,6-10,16H2,1-5H3,(H,27,29). The van der Waals surface area contributed by atoms with Gasteiger partial charge in [-0.25, -0.2) is 21.6 Å². The summed E-state index contributed by atoms with van der Waals surface area (Å²) in [5, 5.41) is 2.74. The van der Waals surface area contributed by atoms with Gasteiger partial charge in [0.05, 0.1) is 16.3 Å². The van der Waals surface area contributed by atoms with Gasteiger partial charge in [-0.3, -0.25) is 4.79 Å². The van der Waals surface area contributed by atoms with Crippen LogP contribution in [0, 0.1) is 27.7 Å². The molecular formula is C25H35N3O5S2. The van der Waals surface area contributed by atoms with Crippen molar-refractivity contribution in [1.82, 2.24) is 9.03 Å². The van der Waals surface area contributed by atoms with Gasteiger partial charge in [-0.1, -0.05) is 43.0 Å². The Hall–Kier alpha value is -2.27. The van der Waals surface area contributed by atoms with E-state index in [0.717, 1.165) is 24.8 Å². The summed E-state index contributed by atoms with van der Waals surface area (Å²) in [4.78, 5) is 13.4. The minimum absolute atomic E-state index is 0.0172. The van der Waals surface area contributed by atoms with Gasteiger partial charge in [0.1, 0.15) is 0 Å². The summed E-state index contributed by atoms with van der Waals surface area (Å²) in [5.41, 5.74) is 3.29. The number of carbonyl (C=O) groups is 1. The molecule has 8 nitrogen and oxygen atoms in total. The van der Waals surface area contributed by atoms with Crippen molar-refractivity contribution < 1.29 is 21.6 Å². The van der Waals surface area contributed by atoms with E-state index in [0.29, 0.717) is 35.2 Å². The fourth-order valence-corrected chi connectivity index (χ4v) is 7.63. The van der Waals surface area contributed by atoms with Gasteiger partial charge >= 0.3 is 0 Å². The Bertz CT molecular complexity index is 1290. The van der Waals surface area contributed by atoms with Gasteiger partial charge < -0.3 is 5.32 Å². The average Bonchev–Trinajstić information content (AvgIpc) is 2.78. The highest BCUT2D eigenvalue weighted by Crippen LogP contribution is 2.31. The van der Waals surface area contributed by atoms with Crippen molar-refractivity contribution >= 4 is 31.6 Å². The van der Waals surface area contributed by atoms with Gasteiger partial charge in [-0.15, -0.1) is 0 Å². The zero-order valence-electron chi connectivity index (χ0n) is 21.0. The van der Waals surface area contributed by atoms with E-state index in [1.807, 2.05) is 19.1 Å². The Morgan fingerprint density at radius 2 is 1.51 bits per heavy atom. The molecule has 0 heterocycles. The molecule has 0 radical (unpaired) electrons. The Morgan fingerprint density at radius 1 is 0.914 bits per heavy atom. The van der Waals surface area contributed by atoms with Crippen LogP contribution in [-0.2, 0) is 24.8 Å². The quantitative estimate of drug-likeness (QED) is 0.549. The van der Waals surface area contributed by atoms with E-state index in [4.69, 9.17) is 0 Å². The molecular weight excluding hydrogens is 486 g/mol. The molecule has 35 heavy (non-hydrogen) atoms. The van der Waals surface area contributed by atoms with Crippen LogP contribution in [0.1, 0.15) is 54.4 Å². The maximum atomic E-state index is 13.9. The van der Waals surface area contributed by atoms with Crippen molar-refractivity contribution in [1.29, 1.82) is 0 Å². The molecule has 0 aromatic heterocycles. The second-order valence-electron chi connectivity index (χ2n) is 9.30. The molecule has 0 saturated heterocycles. The number of nitrogens with one attached hydrogen (secondary N) is 2. The van der Waals surface area contributed by atoms with Crippen molar-refractivity contribution in [2.45, 2.75) is 75.6 Å². The number of hydrogen-bond acceptors (Lipinski definition) is 5. The van der Waals surface area contributed by atoms with Gasteiger partial charge in [0.2, 0.25) is 26.0 Å². The zero-order valence-corrected chi connectivity index (χ0v) is 22.6. The van der Waals surface area contributed by atoms with Gasteiger partial charge in [-0.05, 0) is 76.4 Å². The Kier molecular flexibility index (Phi) is 8.41. The molecule has 1 aliphatic carbocycles. The number of aryl methyl sites for hydroxylation is 4. The smallest absolute Gasteiger partial charge is 0.244 e. The first kappa shape index (κ1) is 27.3. The fourth-order valence-electron chi connectivity index (χ4n) is 4.82. The summed E-state index contributed by atoms with van der Waals surface area (Å²) < 4.78 is 55.8. The largest absolute Gasteiger partial charge is 0.325 e. The highest BCUT2D eigenvalue weighted by atomic mass is 32.2. The number of nitrogens with zero attached hydrogens (tertiary/aromatic N) is 1. The first-order chi connectivity index (χ1) is 16.4. The molecule has 10 heteroatoms. The summed E-state index contributed by atoms with van der Waals surface area (Å²) >= 11 is 0. The minimum Gasteiger partial charge on any atom is -0.325 e. The topological polar surface area (TPSA) is 113 Å². The van der Waals surface area contributed by atoms with Crippen LogP contribution in [0.4, 0.5) is 5.69 Å². The lowest BCUT2D eigenvalue weighted by Gasteiger charge is -2.34. The molecule has 2 aromatic rings. The van der Waals surface area contributed by atoms with E-state index < -0.39 is 26.0 Å². The number of rotatable bonds is 8. The van der Waals surface area contributed by atoms with Gasteiger partial charge in [0, 0.05) is 11.7 Å². The van der Waals surface area contributed by atoms with Crippen LogP contribution in [0.15, 0.2) is 40.1 Å². The highest BCUT2D eigenvalue weighted by molar-refractivity contribution is 7.89. The summed E-state index contributed by atoms with van der Waals surface area (Å²) in [6.45, 7) is 6.89. The minimum atomic E-state index is -3.95. The third kappa shape index (κ3) is 6.11. The summed E-state index contributed by atoms with van der Waals surface area (Å²) in [6, 6.07) is 7.86. The first-order valence-corrected chi connectivity index (χ1v) is 14.7. The Balaban J connectivity index is 1.96. The van der Waals surface area contributed by atoms with Gasteiger partial charge in [0.15, 0.2) is 0 Å². The SMILES string of the molecule is CNS(=O)(=O)c1ccc(C)c(NC(=O)CN(C2CCCCC2)S(=O)(=O)c2c(C)cc(C)cc2C)c1. The number of carbonyl (C=O) groups excluding carboxylic acids is 1. The summed E-state index contributed by atoms with van der Waals surface area (Å²) in [5.74, 6) is -0.510. The fraction of sp³-hybridized carbons (Fsp3) is 0.480. The van der Waals surface area contributed by atoms with E-state index >= 15 is 0 Å². The van der Waals surface area contributed by atoms with Gasteiger partial charge in [0.25, 0.3) is 0 Å². The number of hydrogen-bond donors (Lipinski definition) is 2. The van der Waals surface area contributed by atoms with Crippen molar-refractivity contribution in [3.63, 3.8) is 0 Å². The number of anilines is 1. The third-order valence-corrected chi connectivity index (χ3v) is 10.1. The molecule has 192 valence electrons. The highest BCUT2D eigenvalue weighted by Gasteiger charge is 2.35. The molecule has 2 N–H and O–H groups in total. The van der Waals surface area contributed by atoms with E-state index in [1.54, 1.807) is 26.8 Å². The van der Waals surface area contributed by atoms with Crippen molar-refractivity contribution in [3.8, 4) is 0 Å². The number of benzene rings is 2. The lowest BCUT2D eigenvalue weighted by atomic mass is 9.95. The van der Waals surface area contributed by atoms with Crippen molar-refractivity contribution in [2.75, 3.05) is 18.9 Å². The molecule has 0 aliphatic heterocycles. The normalized spacial score (nSPS) is 15.4. The van der Waals surface area contributed by atoms with Crippen molar-refractivity contribution in [3.05, 3.63) is 52.6 Å². The molecule has 3 rings (SSSR count). The molecule has 1 amide bonds. The van der Waals surface area contributed by atoms with Crippen LogP contribution in [0.2, 0.25) is 0 Å². The average molecular weight is 522 g/mol. The summed E-state index contributed by atoms with van der Waals surface area (Å²) in [6.07, 6.45) is 4.27. The second-order valence-corrected chi connectivity index (χ2v) is 13.0. The Morgan fingerprint density at radius 3 is 2.09 bits per heavy atom. The maximum Gasteiger partial charge on any atom is 0.244 e. The maximum absolute atomic E-state index is 13.9. The monoisotopic (exact) mass is 521 g/mol. The van der Waals surface area contributed by atoms with E-state index in [2.05, 4.69) is 10.0 Å². The van der Waals surface area contributed by atoms with Gasteiger partial charge in [-0.2, -0.15) is 4.31 Å². The predicted molar refractivity (Wildman–Crippen MR) is 137 cm³/mol. The Labute approximate surface area is 209 Å². The zero-order chi connectivity index (χ0) is 26.0. The molecule has 1 saturated carbocycles. The van der Waals surface area contributed by atoms with E-state index in [1.165, 1.54) is 23.5 Å². The van der Waals surface area contributed by atoms with E-state index in [9.17, 15) is 21.6 Å². The molecule has 0 unspecified atom stereocenters. The predicted octanol–water partition coefficient (Wildman–Crippen LogP) is 3.79. The lowest BCUT2D eigenvalue weighted by molar-refractivity contribution is -0.116. The molecule has 0 atom stereocenters. The first-order valence-electron chi connectivity index (χ1n) is 11.8. The molecule has 0 spiro atoms. The molecule has 0 bridgehead atoms. The molecule has 1 fully saturated rings. The van der Waals surface area contributed by atoms with Crippen LogP contribution in [0.25, 0.3) is 0 Å². The van der Waals surface area contributed by atoms with Crippen LogP contribution in [0.3, 0.4) is 0 Å². The summed E-state index contributed by atoms with van der Waals surface area (Å²) in [7, 11) is -6.32. The van der Waals surface area contributed by atoms with Crippen molar-refractivity contribution in [2.24, 2.45) is 0 Å². The second kappa shape index (κ2) is 10.8. The van der Waals surface area contributed by atoms with Crippen LogP contribution < -0.4 is 10.0 Å². The van der Waals surface area contributed by atoms with E-state index in [-0.39, 0.29) is 22.4 Å². The van der Waals surface area contributed by atoms with Crippen LogP contribution in [-0.4, -0.2) is 46.7 Å². The third-order valence-electron chi connectivity index (χ3n) is 6.51. The lowest BCUT2D eigenvalue weighted by Crippen LogP contribution is -2.46. The number of sulfonamides is 2. The molecule has 2 aromatic carbocycles. The molecule has 1 aliphatic rings. The van der Waals surface area contributed by atoms with Crippen LogP contribution >= 0.6 is 0 Å². The number of amides is 1. The van der Waals surface area contributed by atoms with Crippen LogP contribution in [0.5, 0.6) is 0 Å².